The van der Waals surface area contributed by atoms with Crippen molar-refractivity contribution in [2.24, 2.45) is 0 Å². The van der Waals surface area contributed by atoms with E-state index in [2.05, 4.69) is 21.2 Å². The monoisotopic (exact) mass is 301 g/mol. The standard InChI is InChI=1S/C12H16BrNO3/c1-8(15)3-6-12(16)14-9-4-5-11(17-2)10(13)7-9/h4-5,7-8,15H,3,6H2,1-2H3,(H,14,16). The molecule has 94 valence electrons. The minimum atomic E-state index is -0.455. The van der Waals surface area contributed by atoms with Crippen LogP contribution in [0.1, 0.15) is 19.8 Å². The molecule has 0 fully saturated rings. The summed E-state index contributed by atoms with van der Waals surface area (Å²) >= 11 is 3.34. The fourth-order valence-corrected chi connectivity index (χ4v) is 1.85. The van der Waals surface area contributed by atoms with E-state index in [4.69, 9.17) is 9.84 Å². The zero-order valence-corrected chi connectivity index (χ0v) is 11.5. The summed E-state index contributed by atoms with van der Waals surface area (Å²) < 4.78 is 5.88. The van der Waals surface area contributed by atoms with Crippen molar-refractivity contribution in [3.05, 3.63) is 22.7 Å². The second-order valence-electron chi connectivity index (χ2n) is 3.79. The smallest absolute Gasteiger partial charge is 0.224 e. The van der Waals surface area contributed by atoms with Gasteiger partial charge in [0.2, 0.25) is 5.91 Å². The first kappa shape index (κ1) is 14.0. The average molecular weight is 302 g/mol. The molecule has 0 radical (unpaired) electrons. The normalized spacial score (nSPS) is 12.0. The van der Waals surface area contributed by atoms with Gasteiger partial charge in [0.15, 0.2) is 0 Å². The van der Waals surface area contributed by atoms with E-state index in [-0.39, 0.29) is 5.91 Å². The molecule has 1 aromatic carbocycles. The molecular weight excluding hydrogens is 286 g/mol. The highest BCUT2D eigenvalue weighted by Crippen LogP contribution is 2.27. The molecular formula is C12H16BrNO3. The van der Waals surface area contributed by atoms with Gasteiger partial charge in [0.1, 0.15) is 5.75 Å². The number of carbonyl (C=O) groups is 1. The Balaban J connectivity index is 2.57. The summed E-state index contributed by atoms with van der Waals surface area (Å²) in [5, 5.41) is 11.8. The predicted molar refractivity (Wildman–Crippen MR) is 70.2 cm³/mol. The van der Waals surface area contributed by atoms with Gasteiger partial charge in [0, 0.05) is 12.1 Å². The molecule has 4 nitrogen and oxygen atoms in total. The van der Waals surface area contributed by atoms with Gasteiger partial charge in [-0.15, -0.1) is 0 Å². The van der Waals surface area contributed by atoms with Crippen LogP contribution < -0.4 is 10.1 Å². The number of benzene rings is 1. The summed E-state index contributed by atoms with van der Waals surface area (Å²) in [4.78, 5) is 11.5. The number of ether oxygens (including phenoxy) is 1. The van der Waals surface area contributed by atoms with E-state index in [0.717, 1.165) is 4.47 Å². The van der Waals surface area contributed by atoms with Crippen LogP contribution in [0.5, 0.6) is 5.75 Å². The van der Waals surface area contributed by atoms with E-state index < -0.39 is 6.10 Å². The maximum atomic E-state index is 11.5. The first-order valence-electron chi connectivity index (χ1n) is 5.34. The van der Waals surface area contributed by atoms with Crippen molar-refractivity contribution in [2.45, 2.75) is 25.9 Å². The van der Waals surface area contributed by atoms with Crippen LogP contribution in [0.4, 0.5) is 5.69 Å². The molecule has 0 saturated carbocycles. The molecule has 1 amide bonds. The maximum Gasteiger partial charge on any atom is 0.224 e. The Kier molecular flexibility index (Phi) is 5.44. The first-order valence-corrected chi connectivity index (χ1v) is 6.13. The van der Waals surface area contributed by atoms with Crippen molar-refractivity contribution in [3.8, 4) is 5.75 Å². The highest BCUT2D eigenvalue weighted by Gasteiger charge is 2.06. The summed E-state index contributed by atoms with van der Waals surface area (Å²) in [6, 6.07) is 5.32. The van der Waals surface area contributed by atoms with Crippen LogP contribution in [0, 0.1) is 0 Å². The number of anilines is 1. The number of nitrogens with one attached hydrogen (secondary N) is 1. The third kappa shape index (κ3) is 4.75. The fraction of sp³-hybridized carbons (Fsp3) is 0.417. The molecule has 0 aromatic heterocycles. The SMILES string of the molecule is COc1ccc(NC(=O)CCC(C)O)cc1Br. The molecule has 1 aromatic rings. The van der Waals surface area contributed by atoms with E-state index >= 15 is 0 Å². The van der Waals surface area contributed by atoms with Crippen molar-refractivity contribution >= 4 is 27.5 Å². The van der Waals surface area contributed by atoms with Gasteiger partial charge >= 0.3 is 0 Å². The number of hydrogen-bond acceptors (Lipinski definition) is 3. The van der Waals surface area contributed by atoms with Gasteiger partial charge in [0.25, 0.3) is 0 Å². The number of aliphatic hydroxyl groups is 1. The Labute approximate surface area is 109 Å². The Morgan fingerprint density at radius 3 is 2.82 bits per heavy atom. The Bertz CT molecular complexity index is 393. The van der Waals surface area contributed by atoms with Crippen LogP contribution in [0.15, 0.2) is 22.7 Å². The third-order valence-corrected chi connectivity index (χ3v) is 2.84. The molecule has 0 saturated heterocycles. The molecule has 0 spiro atoms. The largest absolute Gasteiger partial charge is 0.496 e. The highest BCUT2D eigenvalue weighted by molar-refractivity contribution is 9.10. The van der Waals surface area contributed by atoms with Crippen molar-refractivity contribution in [1.82, 2.24) is 0 Å². The summed E-state index contributed by atoms with van der Waals surface area (Å²) in [7, 11) is 1.58. The summed E-state index contributed by atoms with van der Waals surface area (Å²) in [5.41, 5.74) is 0.702. The Morgan fingerprint density at radius 2 is 2.29 bits per heavy atom. The Hall–Kier alpha value is -1.07. The van der Waals surface area contributed by atoms with Crippen molar-refractivity contribution in [2.75, 3.05) is 12.4 Å². The zero-order valence-electron chi connectivity index (χ0n) is 9.87. The van der Waals surface area contributed by atoms with Crippen molar-refractivity contribution in [1.29, 1.82) is 0 Å². The zero-order chi connectivity index (χ0) is 12.8. The minimum Gasteiger partial charge on any atom is -0.496 e. The highest BCUT2D eigenvalue weighted by atomic mass is 79.9. The van der Waals surface area contributed by atoms with Gasteiger partial charge < -0.3 is 15.2 Å². The second-order valence-corrected chi connectivity index (χ2v) is 4.64. The quantitative estimate of drug-likeness (QED) is 0.879. The Morgan fingerprint density at radius 1 is 1.59 bits per heavy atom. The molecule has 5 heteroatoms. The molecule has 0 aliphatic carbocycles. The van der Waals surface area contributed by atoms with E-state index in [1.54, 1.807) is 32.2 Å². The number of carbonyl (C=O) groups excluding carboxylic acids is 1. The van der Waals surface area contributed by atoms with Gasteiger partial charge in [-0.3, -0.25) is 4.79 Å². The van der Waals surface area contributed by atoms with Crippen molar-refractivity contribution < 1.29 is 14.6 Å². The number of rotatable bonds is 5. The van der Waals surface area contributed by atoms with Crippen LogP contribution in [0.25, 0.3) is 0 Å². The lowest BCUT2D eigenvalue weighted by molar-refractivity contribution is -0.116. The van der Waals surface area contributed by atoms with E-state index in [9.17, 15) is 4.79 Å². The molecule has 0 aliphatic rings. The molecule has 0 aliphatic heterocycles. The number of amides is 1. The number of hydrogen-bond donors (Lipinski definition) is 2. The van der Waals surface area contributed by atoms with Gasteiger partial charge in [0.05, 0.1) is 17.7 Å². The molecule has 2 N–H and O–H groups in total. The van der Waals surface area contributed by atoms with E-state index in [0.29, 0.717) is 24.3 Å². The lowest BCUT2D eigenvalue weighted by Gasteiger charge is -2.08. The average Bonchev–Trinajstić information content (AvgIpc) is 2.26. The van der Waals surface area contributed by atoms with Crippen LogP contribution in [-0.4, -0.2) is 24.2 Å². The molecule has 1 rings (SSSR count). The second kappa shape index (κ2) is 6.61. The fourth-order valence-electron chi connectivity index (χ4n) is 1.31. The lowest BCUT2D eigenvalue weighted by Crippen LogP contribution is -2.14. The summed E-state index contributed by atoms with van der Waals surface area (Å²) in [6.07, 6.45) is 0.313. The van der Waals surface area contributed by atoms with Gasteiger partial charge in [-0.25, -0.2) is 0 Å². The van der Waals surface area contributed by atoms with Gasteiger partial charge in [-0.2, -0.15) is 0 Å². The van der Waals surface area contributed by atoms with E-state index in [1.807, 2.05) is 0 Å². The molecule has 0 heterocycles. The summed E-state index contributed by atoms with van der Waals surface area (Å²) in [6.45, 7) is 1.66. The topological polar surface area (TPSA) is 58.6 Å². The van der Waals surface area contributed by atoms with Crippen molar-refractivity contribution in [3.63, 3.8) is 0 Å². The number of aliphatic hydroxyl groups excluding tert-OH is 1. The van der Waals surface area contributed by atoms with Crippen LogP contribution in [0.3, 0.4) is 0 Å². The van der Waals surface area contributed by atoms with Gasteiger partial charge in [-0.1, -0.05) is 0 Å². The lowest BCUT2D eigenvalue weighted by atomic mass is 10.2. The predicted octanol–water partition coefficient (Wildman–Crippen LogP) is 2.56. The first-order chi connectivity index (χ1) is 8.02. The third-order valence-electron chi connectivity index (χ3n) is 2.22. The number of halogens is 1. The number of methoxy groups -OCH3 is 1. The molecule has 0 bridgehead atoms. The van der Waals surface area contributed by atoms with E-state index in [1.165, 1.54) is 0 Å². The molecule has 17 heavy (non-hydrogen) atoms. The summed E-state index contributed by atoms with van der Waals surface area (Å²) in [5.74, 6) is 0.606. The van der Waals surface area contributed by atoms with Crippen LogP contribution in [0.2, 0.25) is 0 Å². The van der Waals surface area contributed by atoms with Crippen LogP contribution >= 0.6 is 15.9 Å². The van der Waals surface area contributed by atoms with Gasteiger partial charge in [-0.05, 0) is 47.5 Å². The minimum absolute atomic E-state index is 0.108. The molecule has 1 atom stereocenters. The maximum absolute atomic E-state index is 11.5. The molecule has 1 unspecified atom stereocenters. The van der Waals surface area contributed by atoms with Crippen LogP contribution in [-0.2, 0) is 4.79 Å².